The molecule has 0 bridgehead atoms. The third kappa shape index (κ3) is 3.16. The number of carbonyl (C=O) groups is 2. The van der Waals surface area contributed by atoms with E-state index in [1.54, 1.807) is 6.92 Å². The maximum absolute atomic E-state index is 11.7. The fraction of sp³-hybridized carbons (Fsp3) is 0.429. The van der Waals surface area contributed by atoms with E-state index in [2.05, 4.69) is 0 Å². The molecule has 1 aromatic rings. The van der Waals surface area contributed by atoms with Gasteiger partial charge in [-0.3, -0.25) is 9.59 Å². The molecule has 0 N–H and O–H groups in total. The molecule has 0 amide bonds. The Labute approximate surface area is 102 Å². The van der Waals surface area contributed by atoms with Crippen LogP contribution in [0.4, 0.5) is 0 Å². The lowest BCUT2D eigenvalue weighted by molar-refractivity contribution is -0.147. The van der Waals surface area contributed by atoms with Crippen LogP contribution in [0.15, 0.2) is 18.2 Å². The molecule has 0 saturated carbocycles. The van der Waals surface area contributed by atoms with Crippen molar-refractivity contribution in [2.24, 2.45) is 0 Å². The second-order valence-electron chi connectivity index (χ2n) is 4.14. The molecule has 17 heavy (non-hydrogen) atoms. The van der Waals surface area contributed by atoms with Crippen molar-refractivity contribution in [3.8, 4) is 0 Å². The summed E-state index contributed by atoms with van der Waals surface area (Å²) < 4.78 is 4.93. The second kappa shape index (κ2) is 5.62. The number of ether oxygens (including phenoxy) is 1. The van der Waals surface area contributed by atoms with Crippen LogP contribution in [0, 0.1) is 13.8 Å². The summed E-state index contributed by atoms with van der Waals surface area (Å²) in [7, 11) is 0. The average molecular weight is 234 g/mol. The lowest BCUT2D eigenvalue weighted by atomic mass is 9.93. The summed E-state index contributed by atoms with van der Waals surface area (Å²) in [5.41, 5.74) is 2.91. The largest absolute Gasteiger partial charge is 0.465 e. The Bertz CT molecular complexity index is 435. The number of benzene rings is 1. The summed E-state index contributed by atoms with van der Waals surface area (Å²) in [5, 5.41) is 0. The van der Waals surface area contributed by atoms with E-state index in [0.717, 1.165) is 11.1 Å². The zero-order valence-corrected chi connectivity index (χ0v) is 10.7. The van der Waals surface area contributed by atoms with Crippen molar-refractivity contribution in [2.75, 3.05) is 6.61 Å². The van der Waals surface area contributed by atoms with Crippen LogP contribution in [0.5, 0.6) is 0 Å². The van der Waals surface area contributed by atoms with Gasteiger partial charge in [0.2, 0.25) is 0 Å². The van der Waals surface area contributed by atoms with E-state index < -0.39 is 11.9 Å². The van der Waals surface area contributed by atoms with Gasteiger partial charge < -0.3 is 4.74 Å². The second-order valence-corrected chi connectivity index (χ2v) is 4.14. The standard InChI is InChI=1S/C14H18O3/c1-5-17-14(16)13(11(4)15)12-7-6-9(2)10(3)8-12/h6-8,13H,5H2,1-4H3. The smallest absolute Gasteiger partial charge is 0.320 e. The highest BCUT2D eigenvalue weighted by Gasteiger charge is 2.26. The van der Waals surface area contributed by atoms with E-state index in [9.17, 15) is 9.59 Å². The molecule has 3 heteroatoms. The van der Waals surface area contributed by atoms with Crippen molar-refractivity contribution in [1.29, 1.82) is 0 Å². The topological polar surface area (TPSA) is 43.4 Å². The number of Topliss-reactive ketones (excluding diaryl/α,β-unsaturated/α-hetero) is 1. The van der Waals surface area contributed by atoms with Gasteiger partial charge in [0.1, 0.15) is 11.7 Å². The van der Waals surface area contributed by atoms with Gasteiger partial charge in [-0.1, -0.05) is 18.2 Å². The van der Waals surface area contributed by atoms with Crippen LogP contribution < -0.4 is 0 Å². The van der Waals surface area contributed by atoms with Crippen molar-refractivity contribution >= 4 is 11.8 Å². The van der Waals surface area contributed by atoms with Gasteiger partial charge in [-0.2, -0.15) is 0 Å². The van der Waals surface area contributed by atoms with Crippen molar-refractivity contribution in [1.82, 2.24) is 0 Å². The SMILES string of the molecule is CCOC(=O)C(C(C)=O)c1ccc(C)c(C)c1. The number of rotatable bonds is 4. The van der Waals surface area contributed by atoms with E-state index in [-0.39, 0.29) is 12.4 Å². The van der Waals surface area contributed by atoms with E-state index >= 15 is 0 Å². The molecule has 1 atom stereocenters. The minimum absolute atomic E-state index is 0.188. The summed E-state index contributed by atoms with van der Waals surface area (Å²) in [4.78, 5) is 23.3. The first-order valence-electron chi connectivity index (χ1n) is 5.71. The first-order chi connectivity index (χ1) is 7.97. The van der Waals surface area contributed by atoms with Gasteiger partial charge in [0.05, 0.1) is 6.61 Å². The molecular formula is C14H18O3. The van der Waals surface area contributed by atoms with E-state index in [1.807, 2.05) is 32.0 Å². The van der Waals surface area contributed by atoms with Crippen LogP contribution in [0.1, 0.15) is 36.5 Å². The highest BCUT2D eigenvalue weighted by atomic mass is 16.5. The number of ketones is 1. The van der Waals surface area contributed by atoms with Gasteiger partial charge in [0, 0.05) is 0 Å². The number of esters is 1. The molecule has 0 heterocycles. The molecule has 1 unspecified atom stereocenters. The van der Waals surface area contributed by atoms with Crippen LogP contribution in [0.2, 0.25) is 0 Å². The predicted molar refractivity (Wildman–Crippen MR) is 66.0 cm³/mol. The lowest BCUT2D eigenvalue weighted by Gasteiger charge is -2.14. The fourth-order valence-electron chi connectivity index (χ4n) is 1.71. The number of hydrogen-bond donors (Lipinski definition) is 0. The number of hydrogen-bond acceptors (Lipinski definition) is 3. The molecule has 92 valence electrons. The van der Waals surface area contributed by atoms with Gasteiger partial charge in [-0.05, 0) is 44.4 Å². The van der Waals surface area contributed by atoms with Crippen LogP contribution >= 0.6 is 0 Å². The summed E-state index contributed by atoms with van der Waals surface area (Å²) in [6.45, 7) is 7.38. The Morgan fingerprint density at radius 1 is 1.24 bits per heavy atom. The molecule has 0 aliphatic rings. The highest BCUT2D eigenvalue weighted by molar-refractivity contribution is 6.03. The summed E-state index contributed by atoms with van der Waals surface area (Å²) >= 11 is 0. The van der Waals surface area contributed by atoms with Crippen molar-refractivity contribution in [3.63, 3.8) is 0 Å². The molecule has 0 aromatic heterocycles. The van der Waals surface area contributed by atoms with Crippen molar-refractivity contribution in [3.05, 3.63) is 34.9 Å². The maximum atomic E-state index is 11.7. The first-order valence-corrected chi connectivity index (χ1v) is 5.71. The molecule has 0 radical (unpaired) electrons. The van der Waals surface area contributed by atoms with Crippen molar-refractivity contribution < 1.29 is 14.3 Å². The molecule has 0 spiro atoms. The molecule has 0 aliphatic carbocycles. The van der Waals surface area contributed by atoms with Gasteiger partial charge in [0.25, 0.3) is 0 Å². The summed E-state index contributed by atoms with van der Waals surface area (Å²) in [5.74, 6) is -1.45. The molecule has 0 fully saturated rings. The Kier molecular flexibility index (Phi) is 4.44. The zero-order chi connectivity index (χ0) is 13.0. The third-order valence-corrected chi connectivity index (χ3v) is 2.79. The Hall–Kier alpha value is -1.64. The van der Waals surface area contributed by atoms with Crippen LogP contribution in [0.25, 0.3) is 0 Å². The van der Waals surface area contributed by atoms with Gasteiger partial charge in [0.15, 0.2) is 0 Å². The Morgan fingerprint density at radius 2 is 1.88 bits per heavy atom. The highest BCUT2D eigenvalue weighted by Crippen LogP contribution is 2.21. The molecule has 3 nitrogen and oxygen atoms in total. The Morgan fingerprint density at radius 3 is 2.35 bits per heavy atom. The van der Waals surface area contributed by atoms with Crippen LogP contribution in [0.3, 0.4) is 0 Å². The zero-order valence-electron chi connectivity index (χ0n) is 10.7. The molecule has 0 aliphatic heterocycles. The van der Waals surface area contributed by atoms with Crippen molar-refractivity contribution in [2.45, 2.75) is 33.6 Å². The first kappa shape index (κ1) is 13.4. The van der Waals surface area contributed by atoms with Gasteiger partial charge >= 0.3 is 5.97 Å². The van der Waals surface area contributed by atoms with Crippen LogP contribution in [-0.4, -0.2) is 18.4 Å². The van der Waals surface area contributed by atoms with Gasteiger partial charge in [-0.25, -0.2) is 0 Å². The quantitative estimate of drug-likeness (QED) is 0.594. The molecule has 0 saturated heterocycles. The summed E-state index contributed by atoms with van der Waals surface area (Å²) in [6, 6.07) is 5.60. The number of carbonyl (C=O) groups excluding carboxylic acids is 2. The predicted octanol–water partition coefficient (Wildman–Crippen LogP) is 2.54. The monoisotopic (exact) mass is 234 g/mol. The maximum Gasteiger partial charge on any atom is 0.320 e. The average Bonchev–Trinajstić information content (AvgIpc) is 2.23. The third-order valence-electron chi connectivity index (χ3n) is 2.79. The van der Waals surface area contributed by atoms with Crippen LogP contribution in [-0.2, 0) is 14.3 Å². The van der Waals surface area contributed by atoms with Gasteiger partial charge in [-0.15, -0.1) is 0 Å². The summed E-state index contributed by atoms with van der Waals surface area (Å²) in [6.07, 6.45) is 0. The Balaban J connectivity index is 3.10. The van der Waals surface area contributed by atoms with E-state index in [0.29, 0.717) is 5.56 Å². The van der Waals surface area contributed by atoms with E-state index in [1.165, 1.54) is 6.92 Å². The van der Waals surface area contributed by atoms with E-state index in [4.69, 9.17) is 4.74 Å². The molecule has 1 rings (SSSR count). The lowest BCUT2D eigenvalue weighted by Crippen LogP contribution is -2.22. The number of aryl methyl sites for hydroxylation is 2. The minimum atomic E-state index is -0.797. The molecular weight excluding hydrogens is 216 g/mol. The fourth-order valence-corrected chi connectivity index (χ4v) is 1.71. The molecule has 1 aromatic carbocycles. The normalized spacial score (nSPS) is 12.0. The minimum Gasteiger partial charge on any atom is -0.465 e.